The molecule has 1 aliphatic carbocycles. The number of imidazole rings is 2. The summed E-state index contributed by atoms with van der Waals surface area (Å²) in [5.41, 5.74) is 6.03. The number of fused-ring (bicyclic) bond motifs is 1. The summed E-state index contributed by atoms with van der Waals surface area (Å²) in [6, 6.07) is 12.1. The minimum atomic E-state index is -0.675. The van der Waals surface area contributed by atoms with Gasteiger partial charge in [-0.2, -0.15) is 0 Å². The summed E-state index contributed by atoms with van der Waals surface area (Å²) in [4.78, 5) is 58.7. The molecule has 4 unspecified atom stereocenters. The van der Waals surface area contributed by atoms with E-state index in [9.17, 15) is 14.4 Å². The van der Waals surface area contributed by atoms with Crippen LogP contribution < -0.4 is 5.32 Å². The molecule has 4 aromatic rings. The van der Waals surface area contributed by atoms with Crippen molar-refractivity contribution in [2.24, 2.45) is 5.92 Å². The van der Waals surface area contributed by atoms with Crippen LogP contribution in [-0.2, 0) is 14.3 Å². The maximum atomic E-state index is 13.6. The summed E-state index contributed by atoms with van der Waals surface area (Å²) in [6.07, 6.45) is 12.4. The SMILES string of the molecule is COC(=O)NC(C(=O)N1CCCC1c1ncc(-c2ccc3cc(C4=CC=C(c5cnc(C6CCC(C)N6C(=O)OC(C)(C)C)[nH]5)CC4)ccc3c2)[nH]1)C(C)C. The Bertz CT molecular complexity index is 2140. The first-order chi connectivity index (χ1) is 26.3. The molecular weight excluding hydrogens is 695 g/mol. The molecule has 3 aliphatic rings. The van der Waals surface area contributed by atoms with Crippen LogP contribution in [-0.4, -0.2) is 79.2 Å². The van der Waals surface area contributed by atoms with Crippen LogP contribution in [0.25, 0.3) is 33.2 Å². The van der Waals surface area contributed by atoms with Gasteiger partial charge in [-0.05, 0) is 112 Å². The van der Waals surface area contributed by atoms with Gasteiger partial charge in [-0.1, -0.05) is 50.3 Å². The molecule has 0 saturated carbocycles. The van der Waals surface area contributed by atoms with Crippen molar-refractivity contribution in [3.05, 3.63) is 83.9 Å². The molecule has 12 heteroatoms. The van der Waals surface area contributed by atoms with Crippen LogP contribution in [0, 0.1) is 5.92 Å². The van der Waals surface area contributed by atoms with Crippen molar-refractivity contribution in [3.8, 4) is 11.3 Å². The van der Waals surface area contributed by atoms with Crippen LogP contribution in [0.3, 0.4) is 0 Å². The van der Waals surface area contributed by atoms with Crippen molar-refractivity contribution in [1.29, 1.82) is 0 Å². The van der Waals surface area contributed by atoms with Crippen LogP contribution in [0.4, 0.5) is 9.59 Å². The van der Waals surface area contributed by atoms with E-state index >= 15 is 0 Å². The number of H-pyrrole nitrogens is 2. The lowest BCUT2D eigenvalue weighted by molar-refractivity contribution is -0.135. The fourth-order valence-electron chi connectivity index (χ4n) is 8.10. The molecule has 55 heavy (non-hydrogen) atoms. The molecule has 2 aromatic heterocycles. The number of nitrogens with one attached hydrogen (secondary N) is 3. The first kappa shape index (κ1) is 37.9. The van der Waals surface area contributed by atoms with Gasteiger partial charge in [-0.15, -0.1) is 0 Å². The topological polar surface area (TPSA) is 146 Å². The second-order valence-corrected chi connectivity index (χ2v) is 16.4. The Morgan fingerprint density at radius 2 is 1.49 bits per heavy atom. The summed E-state index contributed by atoms with van der Waals surface area (Å²) in [7, 11) is 1.30. The van der Waals surface area contributed by atoms with Crippen molar-refractivity contribution in [2.45, 2.75) is 110 Å². The molecule has 0 spiro atoms. The van der Waals surface area contributed by atoms with Crippen molar-refractivity contribution in [2.75, 3.05) is 13.7 Å². The molecular formula is C43H53N7O5. The minimum absolute atomic E-state index is 0.0918. The average molecular weight is 748 g/mol. The van der Waals surface area contributed by atoms with E-state index in [2.05, 4.69) is 70.8 Å². The number of methoxy groups -OCH3 is 1. The van der Waals surface area contributed by atoms with E-state index in [1.807, 2.05) is 56.8 Å². The molecule has 3 N–H and O–H groups in total. The van der Waals surface area contributed by atoms with Crippen LogP contribution in [0.5, 0.6) is 0 Å². The quantitative estimate of drug-likeness (QED) is 0.163. The lowest BCUT2D eigenvalue weighted by Gasteiger charge is -2.30. The van der Waals surface area contributed by atoms with Crippen molar-refractivity contribution in [3.63, 3.8) is 0 Å². The average Bonchev–Trinajstić information content (AvgIpc) is 3.99. The van der Waals surface area contributed by atoms with Gasteiger partial charge in [0.1, 0.15) is 23.3 Å². The van der Waals surface area contributed by atoms with Crippen molar-refractivity contribution in [1.82, 2.24) is 35.1 Å². The summed E-state index contributed by atoms with van der Waals surface area (Å²) < 4.78 is 10.5. The van der Waals surface area contributed by atoms with E-state index in [0.29, 0.717) is 6.54 Å². The zero-order valence-electron chi connectivity index (χ0n) is 32.9. The third kappa shape index (κ3) is 8.04. The third-order valence-corrected chi connectivity index (χ3v) is 11.0. The zero-order chi connectivity index (χ0) is 39.0. The number of carbonyl (C=O) groups is 3. The van der Waals surface area contributed by atoms with E-state index in [4.69, 9.17) is 19.4 Å². The van der Waals surface area contributed by atoms with E-state index in [-0.39, 0.29) is 36.0 Å². The second-order valence-electron chi connectivity index (χ2n) is 16.4. The van der Waals surface area contributed by atoms with Gasteiger partial charge in [0.15, 0.2) is 0 Å². The number of aromatic nitrogens is 4. The second kappa shape index (κ2) is 15.4. The monoisotopic (exact) mass is 747 g/mol. The first-order valence-electron chi connectivity index (χ1n) is 19.5. The van der Waals surface area contributed by atoms with Gasteiger partial charge in [-0.3, -0.25) is 9.69 Å². The minimum Gasteiger partial charge on any atom is -0.453 e. The van der Waals surface area contributed by atoms with Gasteiger partial charge >= 0.3 is 12.2 Å². The number of carbonyl (C=O) groups excluding carboxylic acids is 3. The fraction of sp³-hybridized carbons (Fsp3) is 0.465. The van der Waals surface area contributed by atoms with Crippen molar-refractivity contribution < 1.29 is 23.9 Å². The molecule has 4 atom stereocenters. The highest BCUT2D eigenvalue weighted by Crippen LogP contribution is 2.38. The van der Waals surface area contributed by atoms with Crippen molar-refractivity contribution >= 4 is 40.0 Å². The highest BCUT2D eigenvalue weighted by atomic mass is 16.6. The smallest absolute Gasteiger partial charge is 0.411 e. The zero-order valence-corrected chi connectivity index (χ0v) is 32.9. The Hall–Kier alpha value is -5.39. The number of hydrogen-bond acceptors (Lipinski definition) is 7. The van der Waals surface area contributed by atoms with Crippen LogP contribution >= 0.6 is 0 Å². The van der Waals surface area contributed by atoms with Crippen LogP contribution in [0.1, 0.15) is 115 Å². The molecule has 2 fully saturated rings. The largest absolute Gasteiger partial charge is 0.453 e. The number of hydrogen-bond donors (Lipinski definition) is 3. The van der Waals surface area contributed by atoms with Crippen LogP contribution in [0.2, 0.25) is 0 Å². The van der Waals surface area contributed by atoms with E-state index in [1.165, 1.54) is 23.8 Å². The molecule has 0 bridgehead atoms. The Morgan fingerprint density at radius 3 is 2.16 bits per heavy atom. The van der Waals surface area contributed by atoms with Gasteiger partial charge < -0.3 is 29.7 Å². The normalized spacial score (nSPS) is 20.8. The molecule has 2 saturated heterocycles. The van der Waals surface area contributed by atoms with E-state index in [0.717, 1.165) is 77.9 Å². The summed E-state index contributed by atoms with van der Waals surface area (Å²) in [6.45, 7) is 12.2. The highest BCUT2D eigenvalue weighted by Gasteiger charge is 2.40. The van der Waals surface area contributed by atoms with Crippen LogP contribution in [0.15, 0.2) is 60.9 Å². The number of aromatic amines is 2. The predicted octanol–water partition coefficient (Wildman–Crippen LogP) is 8.72. The summed E-state index contributed by atoms with van der Waals surface area (Å²) in [5, 5.41) is 4.99. The lowest BCUT2D eigenvalue weighted by atomic mass is 9.91. The lowest BCUT2D eigenvalue weighted by Crippen LogP contribution is -2.51. The van der Waals surface area contributed by atoms with E-state index < -0.39 is 17.7 Å². The molecule has 2 aliphatic heterocycles. The fourth-order valence-corrected chi connectivity index (χ4v) is 8.10. The standard InChI is InChI=1S/C43H53N7O5/c1-25(2)37(48-41(52)54-7)40(51)49-20-8-9-35(49)38-44-24-34(47-38)32-18-17-30-21-29(15-16-31(30)22-32)27-11-13-28(14-12-27)33-23-45-39(46-33)36-19-10-26(3)50(36)42(53)55-43(4,5)6/h11,13,15-18,21-26,35-37H,8-10,12,14,19-20H2,1-7H3,(H,44,47)(H,45,46)(H,48,52). The molecule has 2 aromatic carbocycles. The highest BCUT2D eigenvalue weighted by molar-refractivity contribution is 5.90. The Labute approximate surface area is 322 Å². The summed E-state index contributed by atoms with van der Waals surface area (Å²) >= 11 is 0. The molecule has 3 amide bonds. The molecule has 4 heterocycles. The number of benzene rings is 2. The van der Waals surface area contributed by atoms with Gasteiger partial charge in [0.05, 0.1) is 43.0 Å². The van der Waals surface area contributed by atoms with E-state index in [1.54, 1.807) is 0 Å². The number of rotatable bonds is 8. The van der Waals surface area contributed by atoms with Gasteiger partial charge in [0, 0.05) is 18.2 Å². The van der Waals surface area contributed by atoms with Gasteiger partial charge in [0.25, 0.3) is 0 Å². The predicted molar refractivity (Wildman–Crippen MR) is 213 cm³/mol. The Balaban J connectivity index is 1.03. The summed E-state index contributed by atoms with van der Waals surface area (Å²) in [5.74, 6) is 1.33. The number of allylic oxidation sites excluding steroid dienone is 4. The Morgan fingerprint density at radius 1 is 0.855 bits per heavy atom. The first-order valence-corrected chi connectivity index (χ1v) is 19.5. The third-order valence-electron chi connectivity index (χ3n) is 11.0. The molecule has 7 rings (SSSR count). The molecule has 0 radical (unpaired) electrons. The molecule has 290 valence electrons. The van der Waals surface area contributed by atoms with Gasteiger partial charge in [-0.25, -0.2) is 19.6 Å². The number of nitrogens with zero attached hydrogens (tertiary/aromatic N) is 4. The number of ether oxygens (including phenoxy) is 2. The number of likely N-dealkylation sites (tertiary alicyclic amines) is 2. The number of alkyl carbamates (subject to hydrolysis) is 1. The maximum absolute atomic E-state index is 13.6. The molecule has 12 nitrogen and oxygen atoms in total. The maximum Gasteiger partial charge on any atom is 0.411 e. The van der Waals surface area contributed by atoms with Gasteiger partial charge in [0.2, 0.25) is 5.91 Å². The number of amides is 3. The Kier molecular flexibility index (Phi) is 10.6.